The van der Waals surface area contributed by atoms with Crippen LogP contribution < -0.4 is 5.73 Å². The molecule has 1 aromatic carbocycles. The van der Waals surface area contributed by atoms with E-state index in [1.807, 2.05) is 30.0 Å². The molecule has 1 saturated carbocycles. The highest BCUT2D eigenvalue weighted by Crippen LogP contribution is 2.45. The van der Waals surface area contributed by atoms with E-state index in [1.54, 1.807) is 0 Å². The monoisotopic (exact) mass is 255 g/mol. The molecule has 16 heavy (non-hydrogen) atoms. The summed E-state index contributed by atoms with van der Waals surface area (Å²) in [4.78, 5) is 1.15. The van der Waals surface area contributed by atoms with Crippen LogP contribution in [-0.4, -0.2) is 11.3 Å². The molecule has 88 valence electrons. The first-order chi connectivity index (χ1) is 7.50. The van der Waals surface area contributed by atoms with E-state index in [1.165, 1.54) is 12.8 Å². The Morgan fingerprint density at radius 3 is 2.62 bits per heavy atom. The molecule has 1 aliphatic rings. The molecule has 2 rings (SSSR count). The first kappa shape index (κ1) is 12.3. The van der Waals surface area contributed by atoms with Gasteiger partial charge in [-0.25, -0.2) is 0 Å². The highest BCUT2D eigenvalue weighted by molar-refractivity contribution is 8.00. The Morgan fingerprint density at radius 2 is 2.06 bits per heavy atom. The number of hydrogen-bond donors (Lipinski definition) is 1. The van der Waals surface area contributed by atoms with Crippen LogP contribution in [0.1, 0.15) is 26.7 Å². The SMILES string of the molecule is CC1(C)CCC(Sc2ccccc2Cl)C1N. The van der Waals surface area contributed by atoms with Crippen molar-refractivity contribution in [3.8, 4) is 0 Å². The van der Waals surface area contributed by atoms with Crippen LogP contribution in [0.15, 0.2) is 29.2 Å². The second kappa shape index (κ2) is 4.59. The van der Waals surface area contributed by atoms with Gasteiger partial charge in [-0.1, -0.05) is 37.6 Å². The molecule has 3 heteroatoms. The van der Waals surface area contributed by atoms with Crippen molar-refractivity contribution in [1.82, 2.24) is 0 Å². The van der Waals surface area contributed by atoms with E-state index >= 15 is 0 Å². The normalized spacial score (nSPS) is 28.2. The van der Waals surface area contributed by atoms with Crippen molar-refractivity contribution in [1.29, 1.82) is 0 Å². The van der Waals surface area contributed by atoms with Crippen molar-refractivity contribution < 1.29 is 0 Å². The lowest BCUT2D eigenvalue weighted by Gasteiger charge is -2.26. The van der Waals surface area contributed by atoms with E-state index in [0.717, 1.165) is 9.92 Å². The van der Waals surface area contributed by atoms with Gasteiger partial charge in [-0.3, -0.25) is 0 Å². The highest BCUT2D eigenvalue weighted by Gasteiger charge is 2.39. The van der Waals surface area contributed by atoms with Gasteiger partial charge in [0.25, 0.3) is 0 Å². The Morgan fingerprint density at radius 1 is 1.38 bits per heavy atom. The maximum absolute atomic E-state index is 6.29. The summed E-state index contributed by atoms with van der Waals surface area (Å²) in [5.41, 5.74) is 6.55. The molecule has 0 aliphatic heterocycles. The van der Waals surface area contributed by atoms with E-state index in [0.29, 0.717) is 5.25 Å². The van der Waals surface area contributed by atoms with Gasteiger partial charge in [-0.2, -0.15) is 0 Å². The average Bonchev–Trinajstić information content (AvgIpc) is 2.49. The molecule has 0 heterocycles. The van der Waals surface area contributed by atoms with Crippen molar-refractivity contribution >= 4 is 23.4 Å². The number of halogens is 1. The summed E-state index contributed by atoms with van der Waals surface area (Å²) in [6.45, 7) is 4.51. The Hall–Kier alpha value is -0.180. The van der Waals surface area contributed by atoms with Crippen LogP contribution in [0.4, 0.5) is 0 Å². The third-order valence-corrected chi connectivity index (χ3v) is 5.37. The topological polar surface area (TPSA) is 26.0 Å². The minimum atomic E-state index is 0.258. The molecular weight excluding hydrogens is 238 g/mol. The minimum absolute atomic E-state index is 0.258. The highest BCUT2D eigenvalue weighted by atomic mass is 35.5. The number of benzene rings is 1. The molecular formula is C13H18ClNS. The minimum Gasteiger partial charge on any atom is -0.326 e. The van der Waals surface area contributed by atoms with Gasteiger partial charge >= 0.3 is 0 Å². The molecule has 2 atom stereocenters. The summed E-state index contributed by atoms with van der Waals surface area (Å²) in [7, 11) is 0. The van der Waals surface area contributed by atoms with E-state index in [9.17, 15) is 0 Å². The quantitative estimate of drug-likeness (QED) is 0.866. The number of rotatable bonds is 2. The molecule has 1 aromatic rings. The zero-order valence-corrected chi connectivity index (χ0v) is 11.3. The molecule has 0 radical (unpaired) electrons. The van der Waals surface area contributed by atoms with E-state index in [4.69, 9.17) is 17.3 Å². The molecule has 2 unspecified atom stereocenters. The molecule has 1 fully saturated rings. The van der Waals surface area contributed by atoms with Crippen LogP contribution in [-0.2, 0) is 0 Å². The Kier molecular flexibility index (Phi) is 3.53. The van der Waals surface area contributed by atoms with Crippen LogP contribution in [0.2, 0.25) is 5.02 Å². The zero-order chi connectivity index (χ0) is 11.8. The maximum atomic E-state index is 6.29. The second-order valence-electron chi connectivity index (χ2n) is 5.14. The van der Waals surface area contributed by atoms with E-state index in [2.05, 4.69) is 19.9 Å². The number of thioether (sulfide) groups is 1. The molecule has 0 bridgehead atoms. The fourth-order valence-electron chi connectivity index (χ4n) is 2.20. The van der Waals surface area contributed by atoms with Gasteiger partial charge in [0, 0.05) is 16.2 Å². The summed E-state index contributed by atoms with van der Waals surface area (Å²) < 4.78 is 0. The fraction of sp³-hybridized carbons (Fsp3) is 0.538. The third-order valence-electron chi connectivity index (χ3n) is 3.49. The predicted molar refractivity (Wildman–Crippen MR) is 72.1 cm³/mol. The first-order valence-corrected chi connectivity index (χ1v) is 6.93. The van der Waals surface area contributed by atoms with Crippen LogP contribution in [0, 0.1) is 5.41 Å². The number of nitrogens with two attached hydrogens (primary N) is 1. The third kappa shape index (κ3) is 2.39. The predicted octanol–water partition coefficient (Wildman–Crippen LogP) is 3.95. The Balaban J connectivity index is 2.10. The molecule has 1 aliphatic carbocycles. The van der Waals surface area contributed by atoms with Crippen molar-refractivity contribution in [2.45, 2.75) is 42.9 Å². The fourth-order valence-corrected chi connectivity index (χ4v) is 3.88. The van der Waals surface area contributed by atoms with Crippen LogP contribution >= 0.6 is 23.4 Å². The summed E-state index contributed by atoms with van der Waals surface area (Å²) >= 11 is 7.99. The van der Waals surface area contributed by atoms with Crippen LogP contribution in [0.5, 0.6) is 0 Å². The Bertz CT molecular complexity index is 378. The molecule has 2 N–H and O–H groups in total. The van der Waals surface area contributed by atoms with Crippen molar-refractivity contribution in [2.75, 3.05) is 0 Å². The molecule has 1 nitrogen and oxygen atoms in total. The number of hydrogen-bond acceptors (Lipinski definition) is 2. The molecule has 0 spiro atoms. The maximum Gasteiger partial charge on any atom is 0.0541 e. The lowest BCUT2D eigenvalue weighted by atomic mass is 9.88. The summed E-state index contributed by atoms with van der Waals surface area (Å²) in [5, 5.41) is 1.33. The average molecular weight is 256 g/mol. The first-order valence-electron chi connectivity index (χ1n) is 5.67. The van der Waals surface area contributed by atoms with E-state index < -0.39 is 0 Å². The summed E-state index contributed by atoms with van der Waals surface area (Å²) in [6.07, 6.45) is 2.39. The standard InChI is InChI=1S/C13H18ClNS/c1-13(2)8-7-11(12(13)15)16-10-6-4-3-5-9(10)14/h3-6,11-12H,7-8,15H2,1-2H3. The molecule has 0 aromatic heterocycles. The zero-order valence-electron chi connectivity index (χ0n) is 9.74. The van der Waals surface area contributed by atoms with E-state index in [-0.39, 0.29) is 11.5 Å². The Labute approximate surface area is 107 Å². The smallest absolute Gasteiger partial charge is 0.0541 e. The van der Waals surface area contributed by atoms with Gasteiger partial charge in [0.15, 0.2) is 0 Å². The van der Waals surface area contributed by atoms with Crippen molar-refractivity contribution in [3.05, 3.63) is 29.3 Å². The van der Waals surface area contributed by atoms with Crippen molar-refractivity contribution in [2.24, 2.45) is 11.1 Å². The van der Waals surface area contributed by atoms with Gasteiger partial charge < -0.3 is 5.73 Å². The van der Waals surface area contributed by atoms with Gasteiger partial charge in [0.2, 0.25) is 0 Å². The lowest BCUT2D eigenvalue weighted by molar-refractivity contribution is 0.334. The lowest BCUT2D eigenvalue weighted by Crippen LogP contribution is -2.38. The van der Waals surface area contributed by atoms with Gasteiger partial charge in [0.1, 0.15) is 0 Å². The molecule has 0 saturated heterocycles. The second-order valence-corrected chi connectivity index (χ2v) is 6.83. The van der Waals surface area contributed by atoms with Crippen molar-refractivity contribution in [3.63, 3.8) is 0 Å². The van der Waals surface area contributed by atoms with Crippen LogP contribution in [0.25, 0.3) is 0 Å². The summed E-state index contributed by atoms with van der Waals surface area (Å²) in [6, 6.07) is 8.26. The largest absolute Gasteiger partial charge is 0.326 e. The van der Waals surface area contributed by atoms with Gasteiger partial charge in [-0.15, -0.1) is 11.8 Å². The van der Waals surface area contributed by atoms with Gasteiger partial charge in [0.05, 0.1) is 5.02 Å². The van der Waals surface area contributed by atoms with Gasteiger partial charge in [-0.05, 0) is 30.4 Å². The van der Waals surface area contributed by atoms with Crippen LogP contribution in [0.3, 0.4) is 0 Å². The molecule has 0 amide bonds. The summed E-state index contributed by atoms with van der Waals surface area (Å²) in [5.74, 6) is 0.